The molecule has 0 aliphatic carbocycles. The lowest BCUT2D eigenvalue weighted by atomic mass is 9.93. The topological polar surface area (TPSA) is 12.9 Å². The van der Waals surface area contributed by atoms with Gasteiger partial charge >= 0.3 is 0 Å². The Morgan fingerprint density at radius 2 is 1.11 bits per heavy atom. The molecule has 1 heteroatoms. The van der Waals surface area contributed by atoms with Crippen molar-refractivity contribution in [3.05, 3.63) is 103 Å². The molecule has 1 aromatic heterocycles. The van der Waals surface area contributed by atoms with Crippen molar-refractivity contribution in [2.45, 2.75) is 0 Å². The predicted molar refractivity (Wildman–Crippen MR) is 119 cm³/mol. The minimum atomic E-state index is 0.956. The van der Waals surface area contributed by atoms with Gasteiger partial charge in [0.1, 0.15) is 0 Å². The Hall–Kier alpha value is -3.71. The van der Waals surface area contributed by atoms with Gasteiger partial charge in [0, 0.05) is 17.0 Å². The first-order chi connectivity index (χ1) is 13.9. The summed E-state index contributed by atoms with van der Waals surface area (Å²) in [6, 6.07) is 37.7. The number of nitrogens with zero attached hydrogens (tertiary/aromatic N) is 1. The van der Waals surface area contributed by atoms with Crippen LogP contribution in [0.2, 0.25) is 0 Å². The van der Waals surface area contributed by atoms with Crippen LogP contribution in [0, 0.1) is 6.07 Å². The first-order valence-electron chi connectivity index (χ1n) is 9.50. The lowest BCUT2D eigenvalue weighted by Crippen LogP contribution is -1.88. The fourth-order valence-electron chi connectivity index (χ4n) is 4.18. The molecule has 6 rings (SSSR count). The highest BCUT2D eigenvalue weighted by Gasteiger charge is 2.10. The Labute approximate surface area is 162 Å². The van der Waals surface area contributed by atoms with E-state index in [1.165, 1.54) is 26.9 Å². The zero-order chi connectivity index (χ0) is 18.5. The number of rotatable bonds is 1. The third-order valence-corrected chi connectivity index (χ3v) is 5.52. The van der Waals surface area contributed by atoms with Gasteiger partial charge in [-0.1, -0.05) is 84.9 Å². The number of para-hydroxylation sites is 1. The van der Waals surface area contributed by atoms with E-state index in [4.69, 9.17) is 4.98 Å². The molecule has 5 aromatic carbocycles. The number of fused-ring (bicyclic) bond motifs is 7. The molecule has 1 heterocycles. The number of pyridine rings is 1. The average Bonchev–Trinajstić information content (AvgIpc) is 2.78. The van der Waals surface area contributed by atoms with Crippen LogP contribution in [-0.2, 0) is 0 Å². The largest absolute Gasteiger partial charge is 0.248 e. The summed E-state index contributed by atoms with van der Waals surface area (Å²) in [5, 5.41) is 8.61. The minimum absolute atomic E-state index is 0.956. The van der Waals surface area contributed by atoms with Gasteiger partial charge in [0.2, 0.25) is 0 Å². The van der Waals surface area contributed by atoms with E-state index in [1.54, 1.807) is 0 Å². The summed E-state index contributed by atoms with van der Waals surface area (Å²) in [6.45, 7) is 0. The maximum atomic E-state index is 4.86. The third kappa shape index (κ3) is 2.23. The molecule has 0 unspecified atom stereocenters. The zero-order valence-electron chi connectivity index (χ0n) is 15.2. The summed E-state index contributed by atoms with van der Waals surface area (Å²) in [5.74, 6) is 0. The van der Waals surface area contributed by atoms with Gasteiger partial charge < -0.3 is 0 Å². The normalized spacial score (nSPS) is 11.6. The van der Waals surface area contributed by atoms with Gasteiger partial charge in [-0.2, -0.15) is 0 Å². The molecule has 1 nitrogen and oxygen atoms in total. The van der Waals surface area contributed by atoms with Crippen molar-refractivity contribution < 1.29 is 0 Å². The van der Waals surface area contributed by atoms with E-state index in [9.17, 15) is 0 Å². The molecular weight excluding hydrogens is 338 g/mol. The fraction of sp³-hybridized carbons (Fsp3) is 0. The molecule has 0 bridgehead atoms. The highest BCUT2D eigenvalue weighted by atomic mass is 14.7. The van der Waals surface area contributed by atoms with Gasteiger partial charge in [0.15, 0.2) is 0 Å². The second-order valence-corrected chi connectivity index (χ2v) is 7.14. The van der Waals surface area contributed by atoms with Crippen molar-refractivity contribution >= 4 is 43.2 Å². The maximum Gasteiger partial charge on any atom is 0.0716 e. The van der Waals surface area contributed by atoms with Crippen molar-refractivity contribution in [3.63, 3.8) is 0 Å². The van der Waals surface area contributed by atoms with E-state index in [0.29, 0.717) is 0 Å². The van der Waals surface area contributed by atoms with Crippen LogP contribution in [-0.4, -0.2) is 4.98 Å². The summed E-state index contributed by atoms with van der Waals surface area (Å²) >= 11 is 0. The molecule has 129 valence electrons. The number of hydrogen-bond acceptors (Lipinski definition) is 1. The van der Waals surface area contributed by atoms with Crippen LogP contribution in [0.25, 0.3) is 54.5 Å². The summed E-state index contributed by atoms with van der Waals surface area (Å²) in [4.78, 5) is 4.86. The molecule has 0 spiro atoms. The van der Waals surface area contributed by atoms with Crippen LogP contribution in [0.3, 0.4) is 0 Å². The summed E-state index contributed by atoms with van der Waals surface area (Å²) < 4.78 is 0. The average molecular weight is 354 g/mol. The molecule has 0 atom stereocenters. The van der Waals surface area contributed by atoms with E-state index in [2.05, 4.69) is 91.0 Å². The van der Waals surface area contributed by atoms with Crippen molar-refractivity contribution in [1.82, 2.24) is 4.98 Å². The molecule has 28 heavy (non-hydrogen) atoms. The molecule has 0 aliphatic rings. The smallest absolute Gasteiger partial charge is 0.0716 e. The van der Waals surface area contributed by atoms with Gasteiger partial charge in [-0.3, -0.25) is 0 Å². The quantitative estimate of drug-likeness (QED) is 0.285. The molecule has 0 amide bonds. The lowest BCUT2D eigenvalue weighted by molar-refractivity contribution is 1.40. The van der Waals surface area contributed by atoms with Crippen LogP contribution in [0.1, 0.15) is 0 Å². The number of benzene rings is 5. The van der Waals surface area contributed by atoms with Crippen molar-refractivity contribution in [1.29, 1.82) is 0 Å². The monoisotopic (exact) mass is 354 g/mol. The van der Waals surface area contributed by atoms with E-state index < -0.39 is 0 Å². The van der Waals surface area contributed by atoms with E-state index in [1.807, 2.05) is 12.1 Å². The lowest BCUT2D eigenvalue weighted by Gasteiger charge is -2.11. The molecule has 0 saturated heterocycles. The van der Waals surface area contributed by atoms with Crippen LogP contribution in [0.15, 0.2) is 97.1 Å². The SMILES string of the molecule is [c]1c(-c2ccc3ccccc3n2)ccc2c1c1ccccc1c1ccccc21. The van der Waals surface area contributed by atoms with Crippen molar-refractivity contribution in [3.8, 4) is 11.3 Å². The first-order valence-corrected chi connectivity index (χ1v) is 9.50. The van der Waals surface area contributed by atoms with Gasteiger partial charge in [0.25, 0.3) is 0 Å². The Balaban J connectivity index is 1.70. The summed E-state index contributed by atoms with van der Waals surface area (Å²) in [7, 11) is 0. The molecule has 0 N–H and O–H groups in total. The molecule has 0 aliphatic heterocycles. The highest BCUT2D eigenvalue weighted by Crippen LogP contribution is 2.36. The van der Waals surface area contributed by atoms with Crippen LogP contribution in [0.4, 0.5) is 0 Å². The van der Waals surface area contributed by atoms with Crippen molar-refractivity contribution in [2.75, 3.05) is 0 Å². The van der Waals surface area contributed by atoms with Gasteiger partial charge in [-0.05, 0) is 44.5 Å². The predicted octanol–water partition coefficient (Wildman–Crippen LogP) is 7.16. The highest BCUT2D eigenvalue weighted by molar-refractivity contribution is 6.25. The Morgan fingerprint density at radius 1 is 0.500 bits per heavy atom. The summed E-state index contributed by atoms with van der Waals surface area (Å²) in [6.07, 6.45) is 0. The van der Waals surface area contributed by atoms with Crippen molar-refractivity contribution in [2.24, 2.45) is 0 Å². The summed E-state index contributed by atoms with van der Waals surface area (Å²) in [5.41, 5.74) is 2.99. The van der Waals surface area contributed by atoms with Gasteiger partial charge in [-0.25, -0.2) is 4.98 Å². The van der Waals surface area contributed by atoms with Gasteiger partial charge in [0.05, 0.1) is 11.2 Å². The molecule has 1 radical (unpaired) electrons. The van der Waals surface area contributed by atoms with Crippen LogP contribution < -0.4 is 0 Å². The second kappa shape index (κ2) is 5.90. The molecule has 0 fully saturated rings. The van der Waals surface area contributed by atoms with E-state index in [-0.39, 0.29) is 0 Å². The first kappa shape index (κ1) is 15.4. The van der Waals surface area contributed by atoms with Gasteiger partial charge in [-0.15, -0.1) is 0 Å². The Bertz CT molecular complexity index is 1480. The number of hydrogen-bond donors (Lipinski definition) is 0. The molecule has 0 saturated carbocycles. The maximum absolute atomic E-state index is 4.86. The van der Waals surface area contributed by atoms with E-state index in [0.717, 1.165) is 27.5 Å². The third-order valence-electron chi connectivity index (χ3n) is 5.52. The molecular formula is C27H16N. The zero-order valence-corrected chi connectivity index (χ0v) is 15.2. The Morgan fingerprint density at radius 3 is 1.89 bits per heavy atom. The minimum Gasteiger partial charge on any atom is -0.248 e. The standard InChI is InChI=1S/C27H16N/c1-6-12-26-18(7-1)14-16-27(28-26)19-13-15-24-22-10-3-2-8-20(22)21-9-4-5-11-23(21)25(24)17-19/h1-16H. The van der Waals surface area contributed by atoms with Crippen LogP contribution in [0.5, 0.6) is 0 Å². The fourth-order valence-corrected chi connectivity index (χ4v) is 4.18. The number of aromatic nitrogens is 1. The molecule has 6 aromatic rings. The van der Waals surface area contributed by atoms with E-state index >= 15 is 0 Å². The second-order valence-electron chi connectivity index (χ2n) is 7.14. The Kier molecular flexibility index (Phi) is 3.24. The van der Waals surface area contributed by atoms with Crippen LogP contribution >= 0.6 is 0 Å².